The molecule has 0 aliphatic heterocycles. The number of carbonyl (C=O) groups excluding carboxylic acids is 1. The second kappa shape index (κ2) is 4.20. The first kappa shape index (κ1) is 8.29. The highest BCUT2D eigenvalue weighted by Gasteiger charge is 2.19. The number of alkyl halides is 2. The van der Waals surface area contributed by atoms with Crippen molar-refractivity contribution in [2.75, 3.05) is 7.11 Å². The molecule has 0 aliphatic rings. The van der Waals surface area contributed by atoms with Crippen molar-refractivity contribution < 1.29 is 23.0 Å². The lowest BCUT2D eigenvalue weighted by molar-refractivity contribution is -0.178. The molecule has 3 nitrogen and oxygen atoms in total. The Labute approximate surface area is 50.6 Å². The first-order chi connectivity index (χ1) is 4.22. The topological polar surface area (TPSA) is 35.5 Å². The maximum Gasteiger partial charge on any atom is 0.296 e. The Morgan fingerprint density at radius 1 is 1.44 bits per heavy atom. The second-order valence-electron chi connectivity index (χ2n) is 1.17. The van der Waals surface area contributed by atoms with Crippen molar-refractivity contribution in [3.8, 4) is 0 Å². The lowest BCUT2D eigenvalue weighted by atomic mass is 10.7. The van der Waals surface area contributed by atoms with Gasteiger partial charge in [0.25, 0.3) is 19.2 Å². The normalized spacial score (nSPS) is 16.3. The third-order valence-electron chi connectivity index (χ3n) is 0.617. The van der Waals surface area contributed by atoms with E-state index in [0.717, 1.165) is 7.11 Å². The molecule has 0 N–H and O–H groups in total. The summed E-state index contributed by atoms with van der Waals surface area (Å²) in [6, 6.07) is 0. The number of carbonyl (C=O) groups is 1. The van der Waals surface area contributed by atoms with Gasteiger partial charge in [-0.3, -0.25) is 4.79 Å². The van der Waals surface area contributed by atoms with E-state index in [1.807, 2.05) is 0 Å². The fourth-order valence-electron chi connectivity index (χ4n) is 0.222. The predicted octanol–water partition coefficient (Wildman–Crippen LogP) is 0.397. The molecule has 0 spiro atoms. The number of ether oxygens (including phenoxy) is 2. The zero-order valence-electron chi connectivity index (χ0n) is 4.71. The molecular formula is C4H6F2O3. The summed E-state index contributed by atoms with van der Waals surface area (Å²) in [6.07, 6.45) is -4.53. The van der Waals surface area contributed by atoms with Crippen LogP contribution in [0.3, 0.4) is 0 Å². The SMILES string of the molecule is COC(F)[C@H](F)OC=O. The lowest BCUT2D eigenvalue weighted by Crippen LogP contribution is -2.21. The number of hydrogen-bond donors (Lipinski definition) is 0. The van der Waals surface area contributed by atoms with E-state index in [0.29, 0.717) is 0 Å². The van der Waals surface area contributed by atoms with Gasteiger partial charge in [0.2, 0.25) is 0 Å². The van der Waals surface area contributed by atoms with Crippen molar-refractivity contribution in [2.45, 2.75) is 12.7 Å². The minimum atomic E-state index is -2.33. The van der Waals surface area contributed by atoms with Crippen molar-refractivity contribution in [2.24, 2.45) is 0 Å². The molecule has 0 rings (SSSR count). The van der Waals surface area contributed by atoms with Crippen molar-refractivity contribution in [1.29, 1.82) is 0 Å². The molecular weight excluding hydrogens is 134 g/mol. The fraction of sp³-hybridized carbons (Fsp3) is 0.750. The lowest BCUT2D eigenvalue weighted by Gasteiger charge is -2.08. The van der Waals surface area contributed by atoms with E-state index >= 15 is 0 Å². The van der Waals surface area contributed by atoms with E-state index < -0.39 is 12.7 Å². The molecule has 1 unspecified atom stereocenters. The first-order valence-corrected chi connectivity index (χ1v) is 2.12. The van der Waals surface area contributed by atoms with Gasteiger partial charge < -0.3 is 9.47 Å². The number of hydrogen-bond acceptors (Lipinski definition) is 3. The van der Waals surface area contributed by atoms with Gasteiger partial charge in [-0.1, -0.05) is 0 Å². The zero-order chi connectivity index (χ0) is 7.28. The average Bonchev–Trinajstić information content (AvgIpc) is 1.87. The highest BCUT2D eigenvalue weighted by Crippen LogP contribution is 2.03. The molecule has 9 heavy (non-hydrogen) atoms. The zero-order valence-corrected chi connectivity index (χ0v) is 4.71. The van der Waals surface area contributed by atoms with Crippen molar-refractivity contribution >= 4 is 6.47 Å². The third-order valence-corrected chi connectivity index (χ3v) is 0.617. The van der Waals surface area contributed by atoms with Crippen molar-refractivity contribution in [3.63, 3.8) is 0 Å². The highest BCUT2D eigenvalue weighted by molar-refractivity contribution is 5.37. The summed E-state index contributed by atoms with van der Waals surface area (Å²) < 4.78 is 31.1. The molecule has 0 heterocycles. The van der Waals surface area contributed by atoms with Crippen LogP contribution in [0.5, 0.6) is 0 Å². The van der Waals surface area contributed by atoms with Crippen LogP contribution in [0.1, 0.15) is 0 Å². The largest absolute Gasteiger partial charge is 0.427 e. The summed E-state index contributed by atoms with van der Waals surface area (Å²) in [5.41, 5.74) is 0. The molecule has 0 radical (unpaired) electrons. The van der Waals surface area contributed by atoms with Gasteiger partial charge in [-0.15, -0.1) is 0 Å². The Hall–Kier alpha value is -0.710. The molecule has 2 atom stereocenters. The molecule has 5 heteroatoms. The third kappa shape index (κ3) is 2.97. The predicted molar refractivity (Wildman–Crippen MR) is 23.9 cm³/mol. The Morgan fingerprint density at radius 2 is 2.00 bits per heavy atom. The van der Waals surface area contributed by atoms with E-state index in [1.54, 1.807) is 0 Å². The van der Waals surface area contributed by atoms with Crippen LogP contribution >= 0.6 is 0 Å². The van der Waals surface area contributed by atoms with E-state index in [9.17, 15) is 13.6 Å². The Kier molecular flexibility index (Phi) is 3.87. The van der Waals surface area contributed by atoms with Gasteiger partial charge >= 0.3 is 0 Å². The molecule has 0 amide bonds. The molecule has 0 saturated heterocycles. The van der Waals surface area contributed by atoms with Gasteiger partial charge in [0.05, 0.1) is 0 Å². The summed E-state index contributed by atoms with van der Waals surface area (Å²) in [4.78, 5) is 9.35. The molecule has 0 aromatic heterocycles. The van der Waals surface area contributed by atoms with E-state index in [1.165, 1.54) is 0 Å². The van der Waals surface area contributed by atoms with Crippen LogP contribution in [0.2, 0.25) is 0 Å². The molecule has 0 bridgehead atoms. The summed E-state index contributed by atoms with van der Waals surface area (Å²) in [5, 5.41) is 0. The van der Waals surface area contributed by atoms with Crippen molar-refractivity contribution in [1.82, 2.24) is 0 Å². The number of methoxy groups -OCH3 is 1. The Morgan fingerprint density at radius 3 is 2.33 bits per heavy atom. The summed E-state index contributed by atoms with van der Waals surface area (Å²) in [5.74, 6) is 0. The van der Waals surface area contributed by atoms with Crippen molar-refractivity contribution in [3.05, 3.63) is 0 Å². The van der Waals surface area contributed by atoms with Gasteiger partial charge in [-0.05, 0) is 0 Å². The minimum absolute atomic E-state index is 0.184. The summed E-state index contributed by atoms with van der Waals surface area (Å²) >= 11 is 0. The van der Waals surface area contributed by atoms with Crippen LogP contribution < -0.4 is 0 Å². The van der Waals surface area contributed by atoms with Gasteiger partial charge in [0.15, 0.2) is 0 Å². The first-order valence-electron chi connectivity index (χ1n) is 2.12. The highest BCUT2D eigenvalue weighted by atomic mass is 19.2. The van der Waals surface area contributed by atoms with Gasteiger partial charge in [-0.2, -0.15) is 4.39 Å². The van der Waals surface area contributed by atoms with E-state index in [-0.39, 0.29) is 6.47 Å². The number of rotatable bonds is 4. The van der Waals surface area contributed by atoms with Crippen LogP contribution in [0.25, 0.3) is 0 Å². The van der Waals surface area contributed by atoms with Crippen LogP contribution in [0.15, 0.2) is 0 Å². The molecule has 0 saturated carbocycles. The monoisotopic (exact) mass is 140 g/mol. The van der Waals surface area contributed by atoms with Crippen LogP contribution in [-0.4, -0.2) is 26.3 Å². The molecule has 0 aliphatic carbocycles. The quantitative estimate of drug-likeness (QED) is 0.530. The summed E-state index contributed by atoms with van der Waals surface area (Å²) in [6.45, 7) is -0.184. The van der Waals surface area contributed by atoms with Crippen LogP contribution in [0.4, 0.5) is 8.78 Å². The molecule has 54 valence electrons. The van der Waals surface area contributed by atoms with E-state index in [4.69, 9.17) is 0 Å². The fourth-order valence-corrected chi connectivity index (χ4v) is 0.222. The summed E-state index contributed by atoms with van der Waals surface area (Å²) in [7, 11) is 0.964. The molecule has 0 aromatic carbocycles. The molecule has 0 fully saturated rings. The second-order valence-corrected chi connectivity index (χ2v) is 1.17. The smallest absolute Gasteiger partial charge is 0.296 e. The Balaban J connectivity index is 3.44. The van der Waals surface area contributed by atoms with Crippen LogP contribution in [0, 0.1) is 0 Å². The van der Waals surface area contributed by atoms with E-state index in [2.05, 4.69) is 9.47 Å². The van der Waals surface area contributed by atoms with Gasteiger partial charge in [0.1, 0.15) is 0 Å². The van der Waals surface area contributed by atoms with Gasteiger partial charge in [-0.25, -0.2) is 4.39 Å². The Bertz CT molecular complexity index is 87.9. The maximum absolute atomic E-state index is 11.8. The molecule has 0 aromatic rings. The average molecular weight is 140 g/mol. The van der Waals surface area contributed by atoms with Gasteiger partial charge in [0, 0.05) is 7.11 Å². The van der Waals surface area contributed by atoms with Crippen LogP contribution in [-0.2, 0) is 14.3 Å². The minimum Gasteiger partial charge on any atom is -0.427 e. The number of halogens is 2. The maximum atomic E-state index is 11.8. The standard InChI is InChI=1S/C4H6F2O3/c1-8-3(5)4(6)9-2-7/h2-4H,1H3/t3?,4-/m1/s1.